The number of carbonyl (C=O) groups is 1. The van der Waals surface area contributed by atoms with Crippen LogP contribution in [0.1, 0.15) is 21.5 Å². The van der Waals surface area contributed by atoms with Crippen molar-refractivity contribution in [1.29, 1.82) is 0 Å². The van der Waals surface area contributed by atoms with Crippen molar-refractivity contribution in [1.82, 2.24) is 5.32 Å². The molecule has 8 nitrogen and oxygen atoms in total. The first-order valence-corrected chi connectivity index (χ1v) is 9.20. The molecule has 2 aromatic carbocycles. The summed E-state index contributed by atoms with van der Waals surface area (Å²) < 4.78 is 45.9. The highest BCUT2D eigenvalue weighted by molar-refractivity contribution is 5.96. The van der Waals surface area contributed by atoms with Gasteiger partial charge in [-0.3, -0.25) is 4.79 Å². The summed E-state index contributed by atoms with van der Waals surface area (Å²) in [5.74, 6) is -0.602. The molecule has 11 heteroatoms. The van der Waals surface area contributed by atoms with Crippen molar-refractivity contribution in [2.75, 3.05) is 26.9 Å². The quantitative estimate of drug-likeness (QED) is 0.375. The summed E-state index contributed by atoms with van der Waals surface area (Å²) in [6.45, 7) is -1.92. The number of aliphatic hydroxyl groups is 2. The highest BCUT2D eigenvalue weighted by Gasteiger charge is 2.32. The van der Waals surface area contributed by atoms with E-state index in [-0.39, 0.29) is 11.3 Å². The van der Waals surface area contributed by atoms with Gasteiger partial charge in [0, 0.05) is 11.1 Å². The molecule has 3 N–H and O–H groups in total. The molecule has 0 bridgehead atoms. The van der Waals surface area contributed by atoms with Gasteiger partial charge in [0.15, 0.2) is 0 Å². The van der Waals surface area contributed by atoms with Gasteiger partial charge in [0.1, 0.15) is 23.6 Å². The number of nitrogens with zero attached hydrogens (tertiary/aromatic N) is 1. The Kier molecular flexibility index (Phi) is 8.33. The third kappa shape index (κ3) is 6.79. The molecule has 2 aromatic rings. The van der Waals surface area contributed by atoms with Crippen LogP contribution in [-0.2, 0) is 0 Å². The lowest BCUT2D eigenvalue weighted by molar-refractivity contribution is -0.274. The van der Waals surface area contributed by atoms with Crippen LogP contribution in [0.5, 0.6) is 11.5 Å². The van der Waals surface area contributed by atoms with E-state index >= 15 is 0 Å². The number of benzene rings is 2. The number of methoxy groups -OCH3 is 1. The number of carbonyl (C=O) groups excluding carboxylic acids is 1. The van der Waals surface area contributed by atoms with Crippen molar-refractivity contribution in [3.05, 3.63) is 64.1 Å². The number of alkyl halides is 3. The zero-order valence-electron chi connectivity index (χ0n) is 16.9. The lowest BCUT2D eigenvalue weighted by Gasteiger charge is -2.28. The number of aliphatic hydroxyl groups excluding tert-OH is 2. The fourth-order valence-electron chi connectivity index (χ4n) is 2.68. The van der Waals surface area contributed by atoms with Crippen LogP contribution >= 0.6 is 0 Å². The zero-order chi connectivity index (χ0) is 23.8. The highest BCUT2D eigenvalue weighted by Crippen LogP contribution is 2.25. The van der Waals surface area contributed by atoms with E-state index in [0.29, 0.717) is 16.9 Å². The number of ether oxygens (including phenoxy) is 2. The minimum Gasteiger partial charge on any atom is -0.496 e. The van der Waals surface area contributed by atoms with Crippen LogP contribution in [0.2, 0.25) is 0 Å². The number of hydrogen-bond acceptors (Lipinski definition) is 7. The van der Waals surface area contributed by atoms with Crippen LogP contribution in [0.4, 0.5) is 13.2 Å². The van der Waals surface area contributed by atoms with Gasteiger partial charge in [-0.1, -0.05) is 29.5 Å². The van der Waals surface area contributed by atoms with Gasteiger partial charge in [0.2, 0.25) is 0 Å². The predicted octanol–water partition coefficient (Wildman–Crippen LogP) is 2.98. The van der Waals surface area contributed by atoms with Gasteiger partial charge in [-0.05, 0) is 35.9 Å². The summed E-state index contributed by atoms with van der Waals surface area (Å²) in [6.07, 6.45) is -1.59. The van der Waals surface area contributed by atoms with Gasteiger partial charge < -0.3 is 25.0 Å². The van der Waals surface area contributed by atoms with Gasteiger partial charge in [-0.2, -0.15) is 4.91 Å². The number of amides is 1. The molecule has 0 spiro atoms. The maximum Gasteiger partial charge on any atom is 0.573 e. The van der Waals surface area contributed by atoms with Crippen molar-refractivity contribution in [3.8, 4) is 11.5 Å². The van der Waals surface area contributed by atoms with E-state index in [1.807, 2.05) is 0 Å². The van der Waals surface area contributed by atoms with Gasteiger partial charge >= 0.3 is 6.36 Å². The molecule has 0 heterocycles. The monoisotopic (exact) mass is 454 g/mol. The lowest BCUT2D eigenvalue weighted by atomic mass is 10.0. The Morgan fingerprint density at radius 2 is 1.75 bits per heavy atom. The third-order valence-electron chi connectivity index (χ3n) is 4.41. The summed E-state index contributed by atoms with van der Waals surface area (Å²) >= 11 is 0. The summed E-state index contributed by atoms with van der Waals surface area (Å²) in [5, 5.41) is 24.0. The van der Waals surface area contributed by atoms with Crippen LogP contribution in [0.15, 0.2) is 47.6 Å². The molecule has 32 heavy (non-hydrogen) atoms. The normalized spacial score (nSPS) is 11.9. The summed E-state index contributed by atoms with van der Waals surface area (Å²) in [5.41, 5.74) is -0.415. The molecule has 0 atom stereocenters. The molecule has 0 aliphatic carbocycles. The molecule has 0 unspecified atom stereocenters. The fraction of sp³-hybridized carbons (Fsp3) is 0.286. The predicted molar refractivity (Wildman–Crippen MR) is 110 cm³/mol. The smallest absolute Gasteiger partial charge is 0.496 e. The second-order valence-corrected chi connectivity index (χ2v) is 6.74. The van der Waals surface area contributed by atoms with E-state index in [1.165, 1.54) is 49.6 Å². The van der Waals surface area contributed by atoms with Gasteiger partial charge in [0.05, 0.1) is 20.3 Å². The first-order valence-electron chi connectivity index (χ1n) is 9.20. The molecule has 1 amide bonds. The standard InChI is InChI=1S/C21H21F3N2O6/c1-31-18-9-6-16(19(29)26-20(12-27,13-28)11-25-30)10-15(18)5-2-14-3-7-17(8-4-14)32-21(22,23)24/h2-10,27-28H,11-13H2,1H3,(H,26,29)/b5-2+. The van der Waals surface area contributed by atoms with E-state index in [1.54, 1.807) is 12.2 Å². The van der Waals surface area contributed by atoms with Crippen molar-refractivity contribution < 1.29 is 37.7 Å². The number of rotatable bonds is 10. The van der Waals surface area contributed by atoms with Crippen molar-refractivity contribution in [2.24, 2.45) is 5.18 Å². The van der Waals surface area contributed by atoms with Crippen molar-refractivity contribution >= 4 is 18.1 Å². The van der Waals surface area contributed by atoms with Crippen LogP contribution < -0.4 is 14.8 Å². The molecular formula is C21H21F3N2O6. The summed E-state index contributed by atoms with van der Waals surface area (Å²) in [4.78, 5) is 23.2. The van der Waals surface area contributed by atoms with Crippen LogP contribution in [0, 0.1) is 4.91 Å². The maximum atomic E-state index is 12.6. The Morgan fingerprint density at radius 3 is 2.28 bits per heavy atom. The number of hydrogen-bond donors (Lipinski definition) is 3. The first-order chi connectivity index (χ1) is 15.1. The van der Waals surface area contributed by atoms with E-state index in [2.05, 4.69) is 15.2 Å². The molecule has 0 aromatic heterocycles. The largest absolute Gasteiger partial charge is 0.573 e. The number of nitrogens with one attached hydrogen (secondary N) is 1. The van der Waals surface area contributed by atoms with Crippen LogP contribution in [0.3, 0.4) is 0 Å². The van der Waals surface area contributed by atoms with Crippen LogP contribution in [-0.4, -0.2) is 54.9 Å². The maximum absolute atomic E-state index is 12.6. The van der Waals surface area contributed by atoms with Crippen molar-refractivity contribution in [2.45, 2.75) is 11.9 Å². The molecule has 0 saturated heterocycles. The average Bonchev–Trinajstić information content (AvgIpc) is 2.77. The van der Waals surface area contributed by atoms with Gasteiger partial charge in [-0.15, -0.1) is 13.2 Å². The van der Waals surface area contributed by atoms with Crippen LogP contribution in [0.25, 0.3) is 12.2 Å². The Bertz CT molecular complexity index is 957. The first kappa shape index (κ1) is 24.8. The second-order valence-electron chi connectivity index (χ2n) is 6.74. The molecule has 0 aliphatic heterocycles. The van der Waals surface area contributed by atoms with E-state index in [4.69, 9.17) is 4.74 Å². The van der Waals surface area contributed by atoms with Crippen molar-refractivity contribution in [3.63, 3.8) is 0 Å². The SMILES string of the molecule is COc1ccc(C(=O)NC(CO)(CO)CN=O)cc1/C=C/c1ccc(OC(F)(F)F)cc1. The number of nitroso groups, excluding NO2 is 1. The fourth-order valence-corrected chi connectivity index (χ4v) is 2.68. The summed E-state index contributed by atoms with van der Waals surface area (Å²) in [7, 11) is 1.42. The van der Waals surface area contributed by atoms with Gasteiger partial charge in [0.25, 0.3) is 5.91 Å². The third-order valence-corrected chi connectivity index (χ3v) is 4.41. The molecule has 0 fully saturated rings. The van der Waals surface area contributed by atoms with E-state index in [9.17, 15) is 33.1 Å². The molecule has 2 rings (SSSR count). The molecule has 172 valence electrons. The zero-order valence-corrected chi connectivity index (χ0v) is 16.9. The Labute approximate surface area is 181 Å². The Balaban J connectivity index is 2.24. The molecule has 0 aliphatic rings. The Morgan fingerprint density at radius 1 is 1.09 bits per heavy atom. The molecular weight excluding hydrogens is 433 g/mol. The molecule has 0 radical (unpaired) electrons. The molecule has 0 saturated carbocycles. The minimum atomic E-state index is -4.78. The van der Waals surface area contributed by atoms with E-state index in [0.717, 1.165) is 0 Å². The van der Waals surface area contributed by atoms with Gasteiger partial charge in [-0.25, -0.2) is 0 Å². The highest BCUT2D eigenvalue weighted by atomic mass is 19.4. The topological polar surface area (TPSA) is 117 Å². The van der Waals surface area contributed by atoms with E-state index < -0.39 is 37.6 Å². The summed E-state index contributed by atoms with van der Waals surface area (Å²) in [6, 6.07) is 9.61. The second kappa shape index (κ2) is 10.7. The number of halogens is 3. The average molecular weight is 454 g/mol. The lowest BCUT2D eigenvalue weighted by Crippen LogP contribution is -2.56. The minimum absolute atomic E-state index is 0.150. The Hall–Kier alpha value is -3.44.